The van der Waals surface area contributed by atoms with Crippen LogP contribution in [0.15, 0.2) is 0 Å². The quantitative estimate of drug-likeness (QED) is 0.892. The lowest BCUT2D eigenvalue weighted by Gasteiger charge is -2.12. The van der Waals surface area contributed by atoms with Crippen LogP contribution < -0.4 is 5.32 Å². The maximum absolute atomic E-state index is 4.96. The lowest BCUT2D eigenvalue weighted by Crippen LogP contribution is -2.08. The first-order valence-corrected chi connectivity index (χ1v) is 9.24. The predicted molar refractivity (Wildman–Crippen MR) is 89.4 cm³/mol. The van der Waals surface area contributed by atoms with E-state index in [-0.39, 0.29) is 0 Å². The Labute approximate surface area is 130 Å². The summed E-state index contributed by atoms with van der Waals surface area (Å²) in [6.07, 6.45) is 10.1. The van der Waals surface area contributed by atoms with E-state index in [0.717, 1.165) is 24.6 Å². The first-order valence-electron chi connectivity index (χ1n) is 8.43. The van der Waals surface area contributed by atoms with Gasteiger partial charge in [-0.05, 0) is 44.1 Å². The van der Waals surface area contributed by atoms with Crippen LogP contribution in [0.3, 0.4) is 0 Å². The maximum atomic E-state index is 4.96. The number of hydrogen-bond donors (Lipinski definition) is 1. The number of thiophene rings is 1. The largest absolute Gasteiger partial charge is 0.369 e. The SMILES string of the molecule is CCCNc1nc(C2CCCC2)nc2sc3c(c12)CCC3. The van der Waals surface area contributed by atoms with Crippen LogP contribution in [0.4, 0.5) is 5.82 Å². The van der Waals surface area contributed by atoms with E-state index in [2.05, 4.69) is 12.2 Å². The summed E-state index contributed by atoms with van der Waals surface area (Å²) in [5.41, 5.74) is 1.53. The number of aromatic nitrogens is 2. The Balaban J connectivity index is 1.82. The molecule has 0 aliphatic heterocycles. The van der Waals surface area contributed by atoms with E-state index in [9.17, 15) is 0 Å². The first-order chi connectivity index (χ1) is 10.4. The molecular weight excluding hydrogens is 278 g/mol. The van der Waals surface area contributed by atoms with E-state index < -0.39 is 0 Å². The third kappa shape index (κ3) is 2.33. The van der Waals surface area contributed by atoms with E-state index in [1.807, 2.05) is 11.3 Å². The van der Waals surface area contributed by atoms with Crippen molar-refractivity contribution in [2.45, 2.75) is 64.2 Å². The van der Waals surface area contributed by atoms with Crippen LogP contribution in [0, 0.1) is 0 Å². The third-order valence-electron chi connectivity index (χ3n) is 4.84. The molecule has 0 atom stereocenters. The normalized spacial score (nSPS) is 18.5. The lowest BCUT2D eigenvalue weighted by molar-refractivity contribution is 0.673. The highest BCUT2D eigenvalue weighted by Gasteiger charge is 2.25. The zero-order chi connectivity index (χ0) is 14.2. The van der Waals surface area contributed by atoms with E-state index in [4.69, 9.17) is 9.97 Å². The average molecular weight is 301 g/mol. The molecule has 4 rings (SSSR count). The Morgan fingerprint density at radius 3 is 2.81 bits per heavy atom. The van der Waals surface area contributed by atoms with Gasteiger partial charge in [0.15, 0.2) is 0 Å². The van der Waals surface area contributed by atoms with Crippen LogP contribution in [0.25, 0.3) is 10.2 Å². The smallest absolute Gasteiger partial charge is 0.138 e. The van der Waals surface area contributed by atoms with Gasteiger partial charge in [0.2, 0.25) is 0 Å². The summed E-state index contributed by atoms with van der Waals surface area (Å²) in [5.74, 6) is 2.80. The Morgan fingerprint density at radius 1 is 1.14 bits per heavy atom. The fourth-order valence-electron chi connectivity index (χ4n) is 3.75. The zero-order valence-electron chi connectivity index (χ0n) is 12.7. The topological polar surface area (TPSA) is 37.8 Å². The second-order valence-corrected chi connectivity index (χ2v) is 7.46. The molecule has 0 spiro atoms. The molecule has 2 heterocycles. The molecule has 0 saturated heterocycles. The number of fused-ring (bicyclic) bond motifs is 3. The van der Waals surface area contributed by atoms with Crippen LogP contribution >= 0.6 is 11.3 Å². The van der Waals surface area contributed by atoms with Gasteiger partial charge in [0, 0.05) is 17.3 Å². The molecule has 0 bridgehead atoms. The van der Waals surface area contributed by atoms with Gasteiger partial charge in [0.25, 0.3) is 0 Å². The van der Waals surface area contributed by atoms with Crippen molar-refractivity contribution >= 4 is 27.4 Å². The summed E-state index contributed by atoms with van der Waals surface area (Å²) in [6.45, 7) is 3.21. The number of nitrogens with zero attached hydrogens (tertiary/aromatic N) is 2. The highest BCUT2D eigenvalue weighted by molar-refractivity contribution is 7.19. The lowest BCUT2D eigenvalue weighted by atomic mass is 10.1. The third-order valence-corrected chi connectivity index (χ3v) is 6.03. The molecule has 2 aliphatic carbocycles. The minimum absolute atomic E-state index is 0.591. The van der Waals surface area contributed by atoms with Crippen LogP contribution in [0.1, 0.15) is 67.6 Å². The molecule has 1 saturated carbocycles. The number of aryl methyl sites for hydroxylation is 2. The summed E-state index contributed by atoms with van der Waals surface area (Å²) < 4.78 is 0. The fraction of sp³-hybridized carbons (Fsp3) is 0.647. The molecule has 0 amide bonds. The van der Waals surface area contributed by atoms with Crippen molar-refractivity contribution in [1.29, 1.82) is 0 Å². The van der Waals surface area contributed by atoms with Crippen molar-refractivity contribution in [3.63, 3.8) is 0 Å². The van der Waals surface area contributed by atoms with Gasteiger partial charge in [-0.2, -0.15) is 0 Å². The Bertz CT molecular complexity index is 656. The molecule has 0 unspecified atom stereocenters. The Kier molecular flexibility index (Phi) is 3.57. The van der Waals surface area contributed by atoms with Gasteiger partial charge >= 0.3 is 0 Å². The average Bonchev–Trinajstić information content (AvgIpc) is 3.19. The molecular formula is C17H23N3S. The van der Waals surface area contributed by atoms with Crippen molar-refractivity contribution in [1.82, 2.24) is 9.97 Å². The van der Waals surface area contributed by atoms with Crippen LogP contribution in [-0.2, 0) is 12.8 Å². The number of anilines is 1. The first kappa shape index (κ1) is 13.5. The number of rotatable bonds is 4. The Morgan fingerprint density at radius 2 is 2.00 bits per heavy atom. The van der Waals surface area contributed by atoms with Crippen molar-refractivity contribution in [2.75, 3.05) is 11.9 Å². The van der Waals surface area contributed by atoms with Crippen molar-refractivity contribution in [3.05, 3.63) is 16.3 Å². The summed E-state index contributed by atoms with van der Waals surface area (Å²) in [5, 5.41) is 4.91. The van der Waals surface area contributed by atoms with Crippen LogP contribution in [0.2, 0.25) is 0 Å². The zero-order valence-corrected chi connectivity index (χ0v) is 13.6. The van der Waals surface area contributed by atoms with E-state index in [0.29, 0.717) is 5.92 Å². The van der Waals surface area contributed by atoms with Gasteiger partial charge < -0.3 is 5.32 Å². The van der Waals surface area contributed by atoms with E-state index >= 15 is 0 Å². The summed E-state index contributed by atoms with van der Waals surface area (Å²) in [7, 11) is 0. The van der Waals surface area contributed by atoms with Gasteiger partial charge in [0.05, 0.1) is 5.39 Å². The fourth-order valence-corrected chi connectivity index (χ4v) is 5.02. The molecule has 21 heavy (non-hydrogen) atoms. The van der Waals surface area contributed by atoms with Crippen molar-refractivity contribution in [3.8, 4) is 0 Å². The molecule has 4 heteroatoms. The van der Waals surface area contributed by atoms with Crippen LogP contribution in [-0.4, -0.2) is 16.5 Å². The highest BCUT2D eigenvalue weighted by atomic mass is 32.1. The van der Waals surface area contributed by atoms with Gasteiger partial charge in [-0.25, -0.2) is 9.97 Å². The Hall–Kier alpha value is -1.16. The monoisotopic (exact) mass is 301 g/mol. The van der Waals surface area contributed by atoms with Crippen LogP contribution in [0.5, 0.6) is 0 Å². The van der Waals surface area contributed by atoms with Crippen molar-refractivity contribution < 1.29 is 0 Å². The minimum Gasteiger partial charge on any atom is -0.369 e. The number of nitrogens with one attached hydrogen (secondary N) is 1. The summed E-state index contributed by atoms with van der Waals surface area (Å²) in [4.78, 5) is 12.7. The second kappa shape index (κ2) is 5.56. The molecule has 2 aromatic rings. The molecule has 2 aliphatic rings. The summed E-state index contributed by atoms with van der Waals surface area (Å²) >= 11 is 1.92. The summed E-state index contributed by atoms with van der Waals surface area (Å²) in [6, 6.07) is 0. The molecule has 2 aromatic heterocycles. The molecule has 1 fully saturated rings. The van der Waals surface area contributed by atoms with Gasteiger partial charge in [-0.15, -0.1) is 11.3 Å². The molecule has 3 nitrogen and oxygen atoms in total. The second-order valence-electron chi connectivity index (χ2n) is 6.38. The van der Waals surface area contributed by atoms with Gasteiger partial charge in [-0.3, -0.25) is 0 Å². The minimum atomic E-state index is 0.591. The highest BCUT2D eigenvalue weighted by Crippen LogP contribution is 2.41. The molecule has 112 valence electrons. The standard InChI is InChI=1S/C17H23N3S/c1-2-10-18-16-14-12-8-5-9-13(12)21-17(14)20-15(19-16)11-6-3-4-7-11/h11H,2-10H2,1H3,(H,18,19,20). The number of hydrogen-bond acceptors (Lipinski definition) is 4. The molecule has 0 aromatic carbocycles. The van der Waals surface area contributed by atoms with Gasteiger partial charge in [-0.1, -0.05) is 19.8 Å². The van der Waals surface area contributed by atoms with E-state index in [1.54, 1.807) is 4.88 Å². The molecule has 0 radical (unpaired) electrons. The van der Waals surface area contributed by atoms with E-state index in [1.165, 1.54) is 60.7 Å². The predicted octanol–water partition coefficient (Wildman–Crippen LogP) is 4.66. The van der Waals surface area contributed by atoms with Crippen molar-refractivity contribution in [2.24, 2.45) is 0 Å². The van der Waals surface area contributed by atoms with Gasteiger partial charge in [0.1, 0.15) is 16.5 Å². The molecule has 1 N–H and O–H groups in total. The maximum Gasteiger partial charge on any atom is 0.138 e.